The van der Waals surface area contributed by atoms with Gasteiger partial charge in [0.05, 0.1) is 11.7 Å². The maximum Gasteiger partial charge on any atom is 0.0646 e. The average molecular weight is 202 g/mol. The van der Waals surface area contributed by atoms with E-state index in [-0.39, 0.29) is 12.0 Å². The quantitative estimate of drug-likeness (QED) is 0.695. The summed E-state index contributed by atoms with van der Waals surface area (Å²) in [5, 5.41) is 19.8. The van der Waals surface area contributed by atoms with Gasteiger partial charge in [0.25, 0.3) is 0 Å². The van der Waals surface area contributed by atoms with Crippen molar-refractivity contribution in [3.05, 3.63) is 0 Å². The van der Waals surface area contributed by atoms with Crippen molar-refractivity contribution in [2.45, 2.75) is 65.6 Å². The summed E-state index contributed by atoms with van der Waals surface area (Å²) in [6, 6.07) is 0. The molecule has 86 valence electrons. The Morgan fingerprint density at radius 1 is 1.07 bits per heavy atom. The lowest BCUT2D eigenvalue weighted by molar-refractivity contribution is -0.0260. The van der Waals surface area contributed by atoms with Gasteiger partial charge < -0.3 is 10.2 Å². The van der Waals surface area contributed by atoms with Crippen LogP contribution in [-0.2, 0) is 0 Å². The van der Waals surface area contributed by atoms with Gasteiger partial charge in [0, 0.05) is 0 Å². The minimum absolute atomic E-state index is 0.194. The predicted molar refractivity (Wildman–Crippen MR) is 60.2 cm³/mol. The molecule has 2 unspecified atom stereocenters. The van der Waals surface area contributed by atoms with Crippen LogP contribution in [-0.4, -0.2) is 21.9 Å². The van der Waals surface area contributed by atoms with E-state index in [1.807, 2.05) is 20.8 Å². The van der Waals surface area contributed by atoms with Crippen LogP contribution < -0.4 is 0 Å². The van der Waals surface area contributed by atoms with Crippen molar-refractivity contribution in [1.29, 1.82) is 0 Å². The summed E-state index contributed by atoms with van der Waals surface area (Å²) in [5.74, 6) is 0.611. The van der Waals surface area contributed by atoms with Crippen LogP contribution in [0.5, 0.6) is 0 Å². The molecule has 0 saturated heterocycles. The van der Waals surface area contributed by atoms with Crippen molar-refractivity contribution >= 4 is 0 Å². The van der Waals surface area contributed by atoms with E-state index in [1.54, 1.807) is 0 Å². The third-order valence-corrected chi connectivity index (χ3v) is 3.41. The number of hydrogen-bond donors (Lipinski definition) is 2. The van der Waals surface area contributed by atoms with Gasteiger partial charge in [-0.3, -0.25) is 0 Å². The molecule has 2 atom stereocenters. The summed E-state index contributed by atoms with van der Waals surface area (Å²) in [7, 11) is 0. The van der Waals surface area contributed by atoms with E-state index in [0.29, 0.717) is 12.3 Å². The Morgan fingerprint density at radius 2 is 1.50 bits per heavy atom. The highest BCUT2D eigenvalue weighted by atomic mass is 16.3. The summed E-state index contributed by atoms with van der Waals surface area (Å²) < 4.78 is 0. The number of aliphatic hydroxyl groups is 2. The van der Waals surface area contributed by atoms with Crippen LogP contribution in [0.3, 0.4) is 0 Å². The molecular formula is C12H26O2. The first kappa shape index (κ1) is 13.9. The first-order valence-corrected chi connectivity index (χ1v) is 5.76. The molecule has 0 aliphatic carbocycles. The fourth-order valence-corrected chi connectivity index (χ4v) is 1.94. The molecule has 0 amide bonds. The van der Waals surface area contributed by atoms with Crippen LogP contribution in [0.2, 0.25) is 0 Å². The lowest BCUT2D eigenvalue weighted by Crippen LogP contribution is -2.35. The lowest BCUT2D eigenvalue weighted by atomic mass is 9.78. The highest BCUT2D eigenvalue weighted by Gasteiger charge is 2.30. The Kier molecular flexibility index (Phi) is 5.68. The molecule has 0 radical (unpaired) electrons. The van der Waals surface area contributed by atoms with Crippen LogP contribution in [0, 0.1) is 11.8 Å². The normalized spacial score (nSPS) is 17.1. The Labute approximate surface area is 88.3 Å². The van der Waals surface area contributed by atoms with Gasteiger partial charge in [0.2, 0.25) is 0 Å². The van der Waals surface area contributed by atoms with Gasteiger partial charge in [0.1, 0.15) is 0 Å². The van der Waals surface area contributed by atoms with E-state index in [9.17, 15) is 10.2 Å². The molecule has 0 aromatic rings. The summed E-state index contributed by atoms with van der Waals surface area (Å²) >= 11 is 0. The standard InChI is InChI=1S/C12H26O2/c1-6-12(14,7-2)8-11(9(3)4)10(5)13/h9-11,13-14H,6-8H2,1-5H3. The zero-order valence-corrected chi connectivity index (χ0v) is 10.2. The van der Waals surface area contributed by atoms with Gasteiger partial charge in [0.15, 0.2) is 0 Å². The van der Waals surface area contributed by atoms with Gasteiger partial charge in [-0.25, -0.2) is 0 Å². The Hall–Kier alpha value is -0.0800. The molecule has 14 heavy (non-hydrogen) atoms. The summed E-state index contributed by atoms with van der Waals surface area (Å²) in [4.78, 5) is 0. The summed E-state index contributed by atoms with van der Waals surface area (Å²) in [5.41, 5.74) is -0.591. The van der Waals surface area contributed by atoms with Crippen LogP contribution in [0.15, 0.2) is 0 Å². The van der Waals surface area contributed by atoms with Crippen molar-refractivity contribution in [2.24, 2.45) is 11.8 Å². The average Bonchev–Trinajstić information content (AvgIpc) is 2.13. The largest absolute Gasteiger partial charge is 0.393 e. The molecule has 2 N–H and O–H groups in total. The van der Waals surface area contributed by atoms with E-state index in [0.717, 1.165) is 12.8 Å². The van der Waals surface area contributed by atoms with E-state index in [2.05, 4.69) is 13.8 Å². The molecule has 2 heteroatoms. The van der Waals surface area contributed by atoms with E-state index >= 15 is 0 Å². The zero-order valence-electron chi connectivity index (χ0n) is 10.2. The first-order chi connectivity index (χ1) is 6.36. The third-order valence-electron chi connectivity index (χ3n) is 3.41. The predicted octanol–water partition coefficient (Wildman–Crippen LogP) is 2.58. The molecule has 2 nitrogen and oxygen atoms in total. The van der Waals surface area contributed by atoms with Crippen molar-refractivity contribution in [3.63, 3.8) is 0 Å². The Bertz CT molecular complexity index is 140. The van der Waals surface area contributed by atoms with E-state index in [1.165, 1.54) is 0 Å². The third kappa shape index (κ3) is 3.97. The SMILES string of the molecule is CCC(O)(CC)CC(C(C)C)C(C)O. The fourth-order valence-electron chi connectivity index (χ4n) is 1.94. The second-order valence-corrected chi connectivity index (χ2v) is 4.78. The molecule has 0 saturated carbocycles. The molecule has 0 aromatic heterocycles. The number of hydrogen-bond acceptors (Lipinski definition) is 2. The number of aliphatic hydroxyl groups excluding tert-OH is 1. The Balaban J connectivity index is 4.42. The second kappa shape index (κ2) is 5.72. The van der Waals surface area contributed by atoms with Gasteiger partial charge in [-0.2, -0.15) is 0 Å². The topological polar surface area (TPSA) is 40.5 Å². The van der Waals surface area contributed by atoms with Crippen LogP contribution >= 0.6 is 0 Å². The van der Waals surface area contributed by atoms with Crippen LogP contribution in [0.1, 0.15) is 53.9 Å². The summed E-state index contributed by atoms with van der Waals surface area (Å²) in [6.07, 6.45) is 1.90. The van der Waals surface area contributed by atoms with Crippen LogP contribution in [0.4, 0.5) is 0 Å². The van der Waals surface area contributed by atoms with Crippen molar-refractivity contribution in [1.82, 2.24) is 0 Å². The van der Waals surface area contributed by atoms with Crippen LogP contribution in [0.25, 0.3) is 0 Å². The molecule has 0 aromatic carbocycles. The monoisotopic (exact) mass is 202 g/mol. The van der Waals surface area contributed by atoms with Gasteiger partial charge >= 0.3 is 0 Å². The number of rotatable bonds is 6. The smallest absolute Gasteiger partial charge is 0.0646 e. The van der Waals surface area contributed by atoms with Crippen molar-refractivity contribution in [3.8, 4) is 0 Å². The second-order valence-electron chi connectivity index (χ2n) is 4.78. The molecule has 0 fully saturated rings. The molecule has 0 heterocycles. The van der Waals surface area contributed by atoms with Gasteiger partial charge in [-0.1, -0.05) is 27.7 Å². The van der Waals surface area contributed by atoms with E-state index < -0.39 is 5.60 Å². The highest BCUT2D eigenvalue weighted by molar-refractivity contribution is 4.82. The fraction of sp³-hybridized carbons (Fsp3) is 1.00. The molecule has 0 rings (SSSR count). The first-order valence-electron chi connectivity index (χ1n) is 5.76. The molecule has 0 aliphatic rings. The highest BCUT2D eigenvalue weighted by Crippen LogP contribution is 2.30. The molecular weight excluding hydrogens is 176 g/mol. The van der Waals surface area contributed by atoms with E-state index in [4.69, 9.17) is 0 Å². The minimum atomic E-state index is -0.591. The molecule has 0 bridgehead atoms. The maximum absolute atomic E-state index is 10.2. The minimum Gasteiger partial charge on any atom is -0.393 e. The lowest BCUT2D eigenvalue weighted by Gasteiger charge is -2.33. The van der Waals surface area contributed by atoms with Gasteiger partial charge in [-0.05, 0) is 38.0 Å². The Morgan fingerprint density at radius 3 is 1.71 bits per heavy atom. The zero-order chi connectivity index (χ0) is 11.4. The van der Waals surface area contributed by atoms with Crippen molar-refractivity contribution in [2.75, 3.05) is 0 Å². The van der Waals surface area contributed by atoms with Gasteiger partial charge in [-0.15, -0.1) is 0 Å². The maximum atomic E-state index is 10.2. The summed E-state index contributed by atoms with van der Waals surface area (Å²) in [6.45, 7) is 10.0. The van der Waals surface area contributed by atoms with Crippen molar-refractivity contribution < 1.29 is 10.2 Å². The molecule has 0 spiro atoms. The molecule has 0 aliphatic heterocycles.